The van der Waals surface area contributed by atoms with Crippen molar-refractivity contribution in [1.82, 2.24) is 24.3 Å². The smallest absolute Gasteiger partial charge is 0.184 e. The molecule has 0 aliphatic heterocycles. The van der Waals surface area contributed by atoms with Gasteiger partial charge in [0.15, 0.2) is 10.4 Å². The first-order chi connectivity index (χ1) is 10.2. The van der Waals surface area contributed by atoms with E-state index in [9.17, 15) is 0 Å². The molecule has 0 spiro atoms. The minimum absolute atomic E-state index is 0.652. The average molecular weight is 295 g/mol. The van der Waals surface area contributed by atoms with Gasteiger partial charge in [-0.1, -0.05) is 18.2 Å². The summed E-state index contributed by atoms with van der Waals surface area (Å²) in [7, 11) is 1.92. The van der Waals surface area contributed by atoms with Gasteiger partial charge in [-0.2, -0.15) is 5.10 Å². The fourth-order valence-electron chi connectivity index (χ4n) is 2.80. The summed E-state index contributed by atoms with van der Waals surface area (Å²) in [4.78, 5) is 7.76. The molecule has 0 amide bonds. The maximum atomic E-state index is 5.51. The normalized spacial score (nSPS) is 11.5. The zero-order valence-electron chi connectivity index (χ0n) is 11.7. The Hall–Kier alpha value is -2.47. The number of pyridine rings is 1. The fourth-order valence-corrected chi connectivity index (χ4v) is 3.09. The van der Waals surface area contributed by atoms with E-state index >= 15 is 0 Å². The zero-order chi connectivity index (χ0) is 14.6. The second-order valence-corrected chi connectivity index (χ2v) is 5.41. The summed E-state index contributed by atoms with van der Waals surface area (Å²) >= 11 is 5.51. The van der Waals surface area contributed by atoms with E-state index < -0.39 is 0 Å². The van der Waals surface area contributed by atoms with Crippen molar-refractivity contribution in [2.24, 2.45) is 7.05 Å². The van der Waals surface area contributed by atoms with Crippen LogP contribution in [0.15, 0.2) is 36.5 Å². The number of nitrogens with one attached hydrogen (secondary N) is 1. The summed E-state index contributed by atoms with van der Waals surface area (Å²) in [5.74, 6) is 0. The van der Waals surface area contributed by atoms with Crippen molar-refractivity contribution in [3.8, 4) is 5.69 Å². The highest BCUT2D eigenvalue weighted by molar-refractivity contribution is 7.71. The second-order valence-electron chi connectivity index (χ2n) is 5.03. The summed E-state index contributed by atoms with van der Waals surface area (Å²) in [6.07, 6.45) is 1.80. The van der Waals surface area contributed by atoms with Crippen molar-refractivity contribution in [2.45, 2.75) is 6.92 Å². The Bertz CT molecular complexity index is 1030. The van der Waals surface area contributed by atoms with Crippen molar-refractivity contribution >= 4 is 34.3 Å². The largest absolute Gasteiger partial charge is 0.327 e. The molecule has 1 N–H and O–H groups in total. The molecule has 104 valence electrons. The Morgan fingerprint density at radius 1 is 1.19 bits per heavy atom. The number of aryl methyl sites for hydroxylation is 2. The monoisotopic (exact) mass is 295 g/mol. The van der Waals surface area contributed by atoms with Crippen LogP contribution in [0.3, 0.4) is 0 Å². The lowest BCUT2D eigenvalue weighted by atomic mass is 10.2. The van der Waals surface area contributed by atoms with E-state index in [0.29, 0.717) is 4.77 Å². The third-order valence-corrected chi connectivity index (χ3v) is 3.98. The first-order valence-corrected chi connectivity index (χ1v) is 7.06. The van der Waals surface area contributed by atoms with Gasteiger partial charge in [0.1, 0.15) is 5.52 Å². The number of para-hydroxylation sites is 1. The van der Waals surface area contributed by atoms with Gasteiger partial charge in [-0.25, -0.2) is 4.68 Å². The first-order valence-electron chi connectivity index (χ1n) is 6.65. The van der Waals surface area contributed by atoms with Gasteiger partial charge < -0.3 is 4.98 Å². The van der Waals surface area contributed by atoms with Gasteiger partial charge in [-0.3, -0.25) is 9.55 Å². The lowest BCUT2D eigenvalue weighted by Crippen LogP contribution is -2.02. The number of imidazole rings is 1. The summed E-state index contributed by atoms with van der Waals surface area (Å²) < 4.78 is 4.50. The van der Waals surface area contributed by atoms with Crippen LogP contribution in [0.2, 0.25) is 0 Å². The minimum atomic E-state index is 0.652. The molecule has 6 heteroatoms. The van der Waals surface area contributed by atoms with Crippen LogP contribution in [0.4, 0.5) is 0 Å². The molecule has 0 unspecified atom stereocenters. The van der Waals surface area contributed by atoms with E-state index in [0.717, 1.165) is 33.4 Å². The maximum Gasteiger partial charge on any atom is 0.184 e. The highest BCUT2D eigenvalue weighted by Crippen LogP contribution is 2.25. The molecule has 0 saturated carbocycles. The molecule has 21 heavy (non-hydrogen) atoms. The van der Waals surface area contributed by atoms with Crippen molar-refractivity contribution in [1.29, 1.82) is 0 Å². The molecule has 0 aliphatic rings. The van der Waals surface area contributed by atoms with Gasteiger partial charge >= 0.3 is 0 Å². The van der Waals surface area contributed by atoms with Crippen LogP contribution < -0.4 is 0 Å². The number of hydrogen-bond donors (Lipinski definition) is 1. The molecular weight excluding hydrogens is 282 g/mol. The van der Waals surface area contributed by atoms with Gasteiger partial charge in [-0.05, 0) is 31.3 Å². The quantitative estimate of drug-likeness (QED) is 0.548. The highest BCUT2D eigenvalue weighted by atomic mass is 32.1. The van der Waals surface area contributed by atoms with Crippen LogP contribution in [0, 0.1) is 11.7 Å². The minimum Gasteiger partial charge on any atom is -0.327 e. The Morgan fingerprint density at radius 3 is 2.86 bits per heavy atom. The van der Waals surface area contributed by atoms with E-state index in [1.54, 1.807) is 6.20 Å². The highest BCUT2D eigenvalue weighted by Gasteiger charge is 2.15. The number of nitrogens with zero attached hydrogens (tertiary/aromatic N) is 4. The van der Waals surface area contributed by atoms with Gasteiger partial charge in [0.05, 0.1) is 16.9 Å². The number of aromatic amines is 1. The Balaban J connectivity index is 2.19. The van der Waals surface area contributed by atoms with Crippen LogP contribution in [0.5, 0.6) is 0 Å². The molecule has 0 saturated heterocycles. The van der Waals surface area contributed by atoms with E-state index in [1.165, 1.54) is 0 Å². The molecule has 4 rings (SSSR count). The predicted octanol–water partition coefficient (Wildman–Crippen LogP) is 3.28. The van der Waals surface area contributed by atoms with Crippen molar-refractivity contribution < 1.29 is 0 Å². The van der Waals surface area contributed by atoms with Gasteiger partial charge in [0, 0.05) is 18.6 Å². The topological polar surface area (TPSA) is 51.4 Å². The number of aromatic nitrogens is 5. The summed E-state index contributed by atoms with van der Waals surface area (Å²) in [5.41, 5.74) is 4.75. The van der Waals surface area contributed by atoms with E-state index in [2.05, 4.69) is 15.1 Å². The summed E-state index contributed by atoms with van der Waals surface area (Å²) in [5, 5.41) is 5.54. The third-order valence-electron chi connectivity index (χ3n) is 3.69. The molecule has 3 aromatic heterocycles. The van der Waals surface area contributed by atoms with Crippen LogP contribution in [-0.2, 0) is 7.05 Å². The number of rotatable bonds is 1. The van der Waals surface area contributed by atoms with Crippen molar-refractivity contribution in [3.63, 3.8) is 0 Å². The third kappa shape index (κ3) is 1.66. The van der Waals surface area contributed by atoms with Crippen molar-refractivity contribution in [3.05, 3.63) is 47.0 Å². The van der Waals surface area contributed by atoms with Gasteiger partial charge in [-0.15, -0.1) is 0 Å². The zero-order valence-corrected chi connectivity index (χ0v) is 12.5. The summed E-state index contributed by atoms with van der Waals surface area (Å²) in [6, 6.07) is 10.1. The number of H-pyrrole nitrogens is 1. The Kier molecular flexibility index (Phi) is 2.49. The first kappa shape index (κ1) is 12.3. The number of fused-ring (bicyclic) bond motifs is 2. The molecule has 0 radical (unpaired) electrons. The molecule has 0 bridgehead atoms. The second kappa shape index (κ2) is 4.26. The number of hydrogen-bond acceptors (Lipinski definition) is 3. The lowest BCUT2D eigenvalue weighted by Gasteiger charge is -2.08. The Morgan fingerprint density at radius 2 is 2.00 bits per heavy atom. The molecule has 1 aromatic carbocycles. The molecule has 0 fully saturated rings. The van der Waals surface area contributed by atoms with Gasteiger partial charge in [0.2, 0.25) is 0 Å². The average Bonchev–Trinajstić information content (AvgIpc) is 2.96. The van der Waals surface area contributed by atoms with Crippen LogP contribution in [0.1, 0.15) is 5.69 Å². The predicted molar refractivity (Wildman–Crippen MR) is 85.3 cm³/mol. The van der Waals surface area contributed by atoms with Crippen LogP contribution in [0.25, 0.3) is 27.8 Å². The van der Waals surface area contributed by atoms with Crippen LogP contribution in [-0.4, -0.2) is 24.3 Å². The summed E-state index contributed by atoms with van der Waals surface area (Å²) in [6.45, 7) is 1.97. The van der Waals surface area contributed by atoms with Crippen LogP contribution >= 0.6 is 12.2 Å². The standard InChI is InChI=1S/C15H13N5S/c1-9-12-14(19(2)18-9)20(15(21)17-12)11-7-3-5-10-6-4-8-16-13(10)11/h3-8H,1-2H3,(H,17,21). The molecule has 3 heterocycles. The Labute approximate surface area is 125 Å². The van der Waals surface area contributed by atoms with Gasteiger partial charge in [0.25, 0.3) is 0 Å². The molecule has 0 atom stereocenters. The lowest BCUT2D eigenvalue weighted by molar-refractivity contribution is 0.760. The molecule has 5 nitrogen and oxygen atoms in total. The van der Waals surface area contributed by atoms with E-state index in [-0.39, 0.29) is 0 Å². The number of benzene rings is 1. The van der Waals surface area contributed by atoms with Crippen molar-refractivity contribution in [2.75, 3.05) is 0 Å². The molecule has 0 aliphatic carbocycles. The SMILES string of the molecule is Cc1nn(C)c2c1[nH]c(=S)n2-c1cccc2cccnc12. The fraction of sp³-hybridized carbons (Fsp3) is 0.133. The molecule has 4 aromatic rings. The molecular formula is C15H13N5S. The van der Waals surface area contributed by atoms with E-state index in [4.69, 9.17) is 12.2 Å². The maximum absolute atomic E-state index is 5.51. The van der Waals surface area contributed by atoms with E-state index in [1.807, 2.05) is 53.6 Å².